The normalized spacial score (nSPS) is 16.3. The molecule has 0 aliphatic carbocycles. The van der Waals surface area contributed by atoms with Gasteiger partial charge in [-0.1, -0.05) is 25.1 Å². The van der Waals surface area contributed by atoms with Crippen molar-refractivity contribution in [2.75, 3.05) is 24.2 Å². The lowest BCUT2D eigenvalue weighted by atomic mass is 10.0. The number of carbonyl (C=O) groups is 1. The van der Waals surface area contributed by atoms with Crippen LogP contribution in [0.1, 0.15) is 38.7 Å². The molecular weight excluding hydrogens is 312 g/mol. The van der Waals surface area contributed by atoms with Crippen molar-refractivity contribution in [1.82, 2.24) is 4.31 Å². The van der Waals surface area contributed by atoms with E-state index in [1.165, 1.54) is 16.1 Å². The molecule has 1 aliphatic rings. The Hall–Kier alpha value is -1.40. The lowest BCUT2D eigenvalue weighted by Gasteiger charge is -2.31. The smallest absolute Gasteiger partial charge is 0.228 e. The van der Waals surface area contributed by atoms with E-state index in [-0.39, 0.29) is 24.9 Å². The summed E-state index contributed by atoms with van der Waals surface area (Å²) in [6, 6.07) is 7.85. The van der Waals surface area contributed by atoms with Gasteiger partial charge in [0.25, 0.3) is 0 Å². The quantitative estimate of drug-likeness (QED) is 0.800. The molecule has 0 aromatic heterocycles. The minimum absolute atomic E-state index is 0.00546. The molecule has 0 saturated heterocycles. The molecule has 23 heavy (non-hydrogen) atoms. The number of amides is 1. The van der Waals surface area contributed by atoms with Gasteiger partial charge in [-0.05, 0) is 37.8 Å². The number of hydrogen-bond donors (Lipinski definition) is 0. The monoisotopic (exact) mass is 338 g/mol. The molecule has 5 nitrogen and oxygen atoms in total. The first-order valence-corrected chi connectivity index (χ1v) is 10.0. The lowest BCUT2D eigenvalue weighted by Crippen LogP contribution is -2.42. The zero-order valence-corrected chi connectivity index (χ0v) is 15.0. The van der Waals surface area contributed by atoms with Gasteiger partial charge in [-0.15, -0.1) is 0 Å². The molecule has 0 fully saturated rings. The van der Waals surface area contributed by atoms with Crippen molar-refractivity contribution in [3.63, 3.8) is 0 Å². The highest BCUT2D eigenvalue weighted by molar-refractivity contribution is 7.88. The van der Waals surface area contributed by atoms with Gasteiger partial charge in [-0.2, -0.15) is 4.31 Å². The van der Waals surface area contributed by atoms with Gasteiger partial charge in [0.2, 0.25) is 15.9 Å². The first-order chi connectivity index (χ1) is 10.8. The van der Waals surface area contributed by atoms with E-state index in [0.29, 0.717) is 6.54 Å². The molecular formula is C17H26N2O3S. The number of sulfonamides is 1. The minimum Gasteiger partial charge on any atom is -0.312 e. The number of para-hydroxylation sites is 1. The van der Waals surface area contributed by atoms with Crippen LogP contribution in [0.15, 0.2) is 24.3 Å². The maximum Gasteiger partial charge on any atom is 0.228 e. The fourth-order valence-corrected chi connectivity index (χ4v) is 4.28. The molecule has 128 valence electrons. The number of rotatable bonds is 6. The Morgan fingerprint density at radius 2 is 2.04 bits per heavy atom. The molecule has 1 aromatic carbocycles. The summed E-state index contributed by atoms with van der Waals surface area (Å²) in [5, 5.41) is 0. The van der Waals surface area contributed by atoms with E-state index in [4.69, 9.17) is 0 Å². The third-order valence-electron chi connectivity index (χ3n) is 4.47. The van der Waals surface area contributed by atoms with Gasteiger partial charge in [0.15, 0.2) is 0 Å². The van der Waals surface area contributed by atoms with E-state index in [2.05, 4.69) is 6.07 Å². The fourth-order valence-electron chi connectivity index (χ4n) is 3.05. The van der Waals surface area contributed by atoms with E-state index in [9.17, 15) is 13.2 Å². The maximum atomic E-state index is 12.6. The Morgan fingerprint density at radius 1 is 1.35 bits per heavy atom. The summed E-state index contributed by atoms with van der Waals surface area (Å²) < 4.78 is 25.3. The van der Waals surface area contributed by atoms with Crippen molar-refractivity contribution in [1.29, 1.82) is 0 Å². The number of benzene rings is 1. The standard InChI is InChI=1S/C17H26N2O3S/c1-4-14(2)19(23(3,21)22)13-11-17(20)18-12-7-9-15-8-5-6-10-16(15)18/h5-6,8,10,14H,4,7,9,11-13H2,1-3H3. The van der Waals surface area contributed by atoms with Gasteiger partial charge in [0.1, 0.15) is 0 Å². The van der Waals surface area contributed by atoms with Gasteiger partial charge in [0.05, 0.1) is 6.26 Å². The summed E-state index contributed by atoms with van der Waals surface area (Å²) in [4.78, 5) is 14.4. The van der Waals surface area contributed by atoms with E-state index in [0.717, 1.165) is 24.9 Å². The van der Waals surface area contributed by atoms with Crippen LogP contribution in [-0.2, 0) is 21.2 Å². The number of carbonyl (C=O) groups excluding carboxylic acids is 1. The zero-order chi connectivity index (χ0) is 17.0. The number of hydrogen-bond acceptors (Lipinski definition) is 3. The second-order valence-electron chi connectivity index (χ2n) is 6.16. The molecule has 0 bridgehead atoms. The highest BCUT2D eigenvalue weighted by atomic mass is 32.2. The van der Waals surface area contributed by atoms with Gasteiger partial charge in [0, 0.05) is 31.2 Å². The fraction of sp³-hybridized carbons (Fsp3) is 0.588. The van der Waals surface area contributed by atoms with Crippen LogP contribution in [0.5, 0.6) is 0 Å². The number of aryl methyl sites for hydroxylation is 1. The molecule has 0 spiro atoms. The van der Waals surface area contributed by atoms with Crippen LogP contribution in [-0.4, -0.2) is 44.0 Å². The van der Waals surface area contributed by atoms with Gasteiger partial charge < -0.3 is 4.90 Å². The van der Waals surface area contributed by atoms with E-state index in [1.807, 2.05) is 32.0 Å². The van der Waals surface area contributed by atoms with Gasteiger partial charge in [-0.3, -0.25) is 4.79 Å². The topological polar surface area (TPSA) is 57.7 Å². The molecule has 6 heteroatoms. The third-order valence-corrected chi connectivity index (χ3v) is 5.86. The first kappa shape index (κ1) is 17.9. The highest BCUT2D eigenvalue weighted by Crippen LogP contribution is 2.27. The highest BCUT2D eigenvalue weighted by Gasteiger charge is 2.26. The van der Waals surface area contributed by atoms with Crippen molar-refractivity contribution in [2.45, 2.75) is 45.6 Å². The first-order valence-electron chi connectivity index (χ1n) is 8.19. The summed E-state index contributed by atoms with van der Waals surface area (Å²) in [7, 11) is -3.30. The molecule has 0 saturated carbocycles. The van der Waals surface area contributed by atoms with E-state index in [1.54, 1.807) is 4.90 Å². The maximum absolute atomic E-state index is 12.6. The summed E-state index contributed by atoms with van der Waals surface area (Å²) in [6.07, 6.45) is 4.09. The Labute approximate surface area is 139 Å². The Kier molecular flexibility index (Phi) is 5.81. The van der Waals surface area contributed by atoms with Gasteiger partial charge in [-0.25, -0.2) is 8.42 Å². The summed E-state index contributed by atoms with van der Waals surface area (Å²) >= 11 is 0. The second kappa shape index (κ2) is 7.45. The molecule has 1 aliphatic heterocycles. The van der Waals surface area contributed by atoms with Gasteiger partial charge >= 0.3 is 0 Å². The van der Waals surface area contributed by atoms with Crippen LogP contribution in [0.4, 0.5) is 5.69 Å². The Morgan fingerprint density at radius 3 is 2.70 bits per heavy atom. The molecule has 1 unspecified atom stereocenters. The molecule has 1 atom stereocenters. The lowest BCUT2D eigenvalue weighted by molar-refractivity contribution is -0.118. The number of anilines is 1. The average molecular weight is 338 g/mol. The number of fused-ring (bicyclic) bond motifs is 1. The average Bonchev–Trinajstić information content (AvgIpc) is 2.52. The van der Waals surface area contributed by atoms with Crippen molar-refractivity contribution < 1.29 is 13.2 Å². The van der Waals surface area contributed by atoms with Crippen molar-refractivity contribution >= 4 is 21.6 Å². The third kappa shape index (κ3) is 4.32. The summed E-state index contributed by atoms with van der Waals surface area (Å²) in [5.41, 5.74) is 2.16. The predicted molar refractivity (Wildman–Crippen MR) is 93.0 cm³/mol. The van der Waals surface area contributed by atoms with Crippen LogP contribution in [0, 0.1) is 0 Å². The SMILES string of the molecule is CCC(C)N(CCC(=O)N1CCCc2ccccc21)S(C)(=O)=O. The summed E-state index contributed by atoms with van der Waals surface area (Å²) in [5.74, 6) is -0.00546. The molecule has 0 radical (unpaired) electrons. The minimum atomic E-state index is -3.30. The Balaban J connectivity index is 2.08. The van der Waals surface area contributed by atoms with E-state index < -0.39 is 10.0 Å². The van der Waals surface area contributed by atoms with E-state index >= 15 is 0 Å². The molecule has 1 heterocycles. The van der Waals surface area contributed by atoms with Crippen LogP contribution in [0.2, 0.25) is 0 Å². The Bertz CT molecular complexity index is 658. The molecule has 1 aromatic rings. The van der Waals surface area contributed by atoms with Crippen molar-refractivity contribution in [3.05, 3.63) is 29.8 Å². The van der Waals surface area contributed by atoms with Crippen LogP contribution >= 0.6 is 0 Å². The molecule has 2 rings (SSSR count). The zero-order valence-electron chi connectivity index (χ0n) is 14.2. The van der Waals surface area contributed by atoms with Crippen molar-refractivity contribution in [2.24, 2.45) is 0 Å². The van der Waals surface area contributed by atoms with Crippen LogP contribution in [0.25, 0.3) is 0 Å². The van der Waals surface area contributed by atoms with Crippen molar-refractivity contribution in [3.8, 4) is 0 Å². The number of nitrogens with zero attached hydrogens (tertiary/aromatic N) is 2. The largest absolute Gasteiger partial charge is 0.312 e. The summed E-state index contributed by atoms with van der Waals surface area (Å²) in [6.45, 7) is 4.77. The predicted octanol–water partition coefficient (Wildman–Crippen LogP) is 2.42. The molecule has 1 amide bonds. The second-order valence-corrected chi connectivity index (χ2v) is 8.09. The molecule has 0 N–H and O–H groups in total. The van der Waals surface area contributed by atoms with Crippen LogP contribution in [0.3, 0.4) is 0 Å². The van der Waals surface area contributed by atoms with Crippen LogP contribution < -0.4 is 4.90 Å².